The van der Waals surface area contributed by atoms with Gasteiger partial charge in [-0.2, -0.15) is 0 Å². The Morgan fingerprint density at radius 2 is 2.36 bits per heavy atom. The predicted octanol–water partition coefficient (Wildman–Crippen LogP) is 3.10. The van der Waals surface area contributed by atoms with Crippen molar-refractivity contribution in [2.75, 3.05) is 5.88 Å². The molecule has 0 aliphatic carbocycles. The fourth-order valence-corrected chi connectivity index (χ4v) is 0.975. The van der Waals surface area contributed by atoms with Crippen LogP contribution in [0.5, 0.6) is 0 Å². The molecule has 11 heavy (non-hydrogen) atoms. The van der Waals surface area contributed by atoms with Gasteiger partial charge in [-0.25, -0.2) is 0 Å². The summed E-state index contributed by atoms with van der Waals surface area (Å²) in [7, 11) is 0. The molecular formula is C8H7BrClN. The first-order chi connectivity index (χ1) is 5.33. The van der Waals surface area contributed by atoms with Gasteiger partial charge in [-0.15, -0.1) is 11.6 Å². The van der Waals surface area contributed by atoms with Crippen LogP contribution in [0.3, 0.4) is 0 Å². The highest BCUT2D eigenvalue weighted by Crippen LogP contribution is 2.08. The Hall–Kier alpha value is -0.340. The minimum atomic E-state index is 0.526. The molecule has 0 atom stereocenters. The van der Waals surface area contributed by atoms with Crippen molar-refractivity contribution in [3.05, 3.63) is 34.6 Å². The number of hydrogen-bond acceptors (Lipinski definition) is 1. The van der Waals surface area contributed by atoms with Crippen LogP contribution in [0, 0.1) is 0 Å². The van der Waals surface area contributed by atoms with Crippen LogP contribution in [0.4, 0.5) is 0 Å². The zero-order valence-corrected chi connectivity index (χ0v) is 8.14. The average molecular weight is 233 g/mol. The fraction of sp³-hybridized carbons (Fsp3) is 0.125. The molecule has 0 bridgehead atoms. The van der Waals surface area contributed by atoms with Crippen molar-refractivity contribution in [3.8, 4) is 0 Å². The molecule has 3 heteroatoms. The molecule has 58 valence electrons. The van der Waals surface area contributed by atoms with E-state index < -0.39 is 0 Å². The van der Waals surface area contributed by atoms with Crippen molar-refractivity contribution in [1.82, 2.24) is 4.98 Å². The Labute approximate surface area is 79.2 Å². The maximum Gasteiger partial charge on any atom is 0.0627 e. The van der Waals surface area contributed by atoms with Gasteiger partial charge in [0.15, 0.2) is 0 Å². The van der Waals surface area contributed by atoms with E-state index in [1.165, 1.54) is 0 Å². The highest BCUT2D eigenvalue weighted by Gasteiger charge is 1.86. The first-order valence-corrected chi connectivity index (χ1v) is 4.50. The van der Waals surface area contributed by atoms with Gasteiger partial charge in [-0.3, -0.25) is 4.98 Å². The Balaban J connectivity index is 2.73. The molecule has 1 nitrogen and oxygen atoms in total. The van der Waals surface area contributed by atoms with Crippen LogP contribution in [0.15, 0.2) is 28.9 Å². The van der Waals surface area contributed by atoms with Crippen LogP contribution in [0.1, 0.15) is 5.69 Å². The standard InChI is InChI=1S/C8H7BrClN/c9-7-3-4-8(11-6-7)2-1-5-10/h1-4,6H,5H2. The summed E-state index contributed by atoms with van der Waals surface area (Å²) in [6.07, 6.45) is 5.51. The molecule has 1 rings (SSSR count). The van der Waals surface area contributed by atoms with Crippen molar-refractivity contribution in [2.24, 2.45) is 0 Å². The second-order valence-electron chi connectivity index (χ2n) is 1.96. The normalized spacial score (nSPS) is 10.7. The maximum atomic E-state index is 5.46. The van der Waals surface area contributed by atoms with E-state index in [4.69, 9.17) is 11.6 Å². The number of aromatic nitrogens is 1. The van der Waals surface area contributed by atoms with Crippen LogP contribution in [0.25, 0.3) is 6.08 Å². The first-order valence-electron chi connectivity index (χ1n) is 3.17. The lowest BCUT2D eigenvalue weighted by atomic mass is 10.3. The van der Waals surface area contributed by atoms with Crippen molar-refractivity contribution < 1.29 is 0 Å². The Morgan fingerprint density at radius 3 is 2.91 bits per heavy atom. The van der Waals surface area contributed by atoms with E-state index in [1.54, 1.807) is 6.20 Å². The summed E-state index contributed by atoms with van der Waals surface area (Å²) in [6, 6.07) is 3.87. The fourth-order valence-electron chi connectivity index (χ4n) is 0.651. The Morgan fingerprint density at radius 1 is 1.55 bits per heavy atom. The Bertz CT molecular complexity index is 243. The number of rotatable bonds is 2. The molecule has 0 aromatic carbocycles. The summed E-state index contributed by atoms with van der Waals surface area (Å²) >= 11 is 8.76. The molecule has 0 aliphatic heterocycles. The molecule has 0 fully saturated rings. The topological polar surface area (TPSA) is 12.9 Å². The molecule has 1 heterocycles. The maximum absolute atomic E-state index is 5.46. The second-order valence-corrected chi connectivity index (χ2v) is 3.18. The molecule has 0 radical (unpaired) electrons. The third-order valence-corrected chi connectivity index (χ3v) is 1.78. The van der Waals surface area contributed by atoms with Crippen molar-refractivity contribution in [1.29, 1.82) is 0 Å². The number of nitrogens with zero attached hydrogens (tertiary/aromatic N) is 1. The lowest BCUT2D eigenvalue weighted by molar-refractivity contribution is 1.28. The number of alkyl halides is 1. The molecule has 0 aliphatic rings. The zero-order valence-electron chi connectivity index (χ0n) is 5.80. The SMILES string of the molecule is ClCC=Cc1ccc(Br)cn1. The van der Waals surface area contributed by atoms with Crippen molar-refractivity contribution in [2.45, 2.75) is 0 Å². The van der Waals surface area contributed by atoms with E-state index in [0.29, 0.717) is 5.88 Å². The number of pyridine rings is 1. The smallest absolute Gasteiger partial charge is 0.0627 e. The number of hydrogen-bond donors (Lipinski definition) is 0. The van der Waals surface area contributed by atoms with E-state index >= 15 is 0 Å². The van der Waals surface area contributed by atoms with Crippen LogP contribution in [-0.4, -0.2) is 10.9 Å². The van der Waals surface area contributed by atoms with Gasteiger partial charge in [0, 0.05) is 16.5 Å². The predicted molar refractivity (Wildman–Crippen MR) is 51.7 cm³/mol. The molecule has 1 aromatic heterocycles. The molecule has 0 amide bonds. The monoisotopic (exact) mass is 231 g/mol. The third kappa shape index (κ3) is 3.04. The molecular weight excluding hydrogens is 225 g/mol. The Kier molecular flexibility index (Phi) is 3.60. The largest absolute Gasteiger partial charge is 0.256 e. The lowest BCUT2D eigenvalue weighted by Gasteiger charge is -1.90. The van der Waals surface area contributed by atoms with E-state index in [2.05, 4.69) is 20.9 Å². The summed E-state index contributed by atoms with van der Waals surface area (Å²) in [5, 5.41) is 0. The van der Waals surface area contributed by atoms with Gasteiger partial charge in [-0.1, -0.05) is 6.08 Å². The van der Waals surface area contributed by atoms with Crippen molar-refractivity contribution >= 4 is 33.6 Å². The van der Waals surface area contributed by atoms with Crippen molar-refractivity contribution in [3.63, 3.8) is 0 Å². The summed E-state index contributed by atoms with van der Waals surface area (Å²) in [4.78, 5) is 4.12. The van der Waals surface area contributed by atoms with E-state index in [-0.39, 0.29) is 0 Å². The average Bonchev–Trinajstić information content (AvgIpc) is 2.04. The van der Waals surface area contributed by atoms with Gasteiger partial charge in [-0.05, 0) is 34.1 Å². The third-order valence-electron chi connectivity index (χ3n) is 1.13. The first kappa shape index (κ1) is 8.75. The quantitative estimate of drug-likeness (QED) is 0.714. The van der Waals surface area contributed by atoms with E-state index in [0.717, 1.165) is 10.2 Å². The van der Waals surface area contributed by atoms with Gasteiger partial charge >= 0.3 is 0 Å². The van der Waals surface area contributed by atoms with Gasteiger partial charge in [0.1, 0.15) is 0 Å². The molecule has 0 N–H and O–H groups in total. The van der Waals surface area contributed by atoms with Crippen LogP contribution < -0.4 is 0 Å². The minimum absolute atomic E-state index is 0.526. The van der Waals surface area contributed by atoms with Gasteiger partial charge in [0.25, 0.3) is 0 Å². The second kappa shape index (κ2) is 4.52. The lowest BCUT2D eigenvalue weighted by Crippen LogP contribution is -1.78. The van der Waals surface area contributed by atoms with Gasteiger partial charge < -0.3 is 0 Å². The van der Waals surface area contributed by atoms with Gasteiger partial charge in [0.05, 0.1) is 5.69 Å². The molecule has 0 unspecified atom stereocenters. The molecule has 1 aromatic rings. The van der Waals surface area contributed by atoms with E-state index in [9.17, 15) is 0 Å². The summed E-state index contributed by atoms with van der Waals surface area (Å²) < 4.78 is 0.987. The molecule has 0 spiro atoms. The summed E-state index contributed by atoms with van der Waals surface area (Å²) in [6.45, 7) is 0. The molecule has 0 saturated carbocycles. The van der Waals surface area contributed by atoms with Crippen LogP contribution in [0.2, 0.25) is 0 Å². The minimum Gasteiger partial charge on any atom is -0.256 e. The van der Waals surface area contributed by atoms with E-state index in [1.807, 2.05) is 24.3 Å². The highest BCUT2D eigenvalue weighted by atomic mass is 79.9. The number of allylic oxidation sites excluding steroid dienone is 1. The summed E-state index contributed by atoms with van der Waals surface area (Å²) in [5.41, 5.74) is 0.925. The van der Waals surface area contributed by atoms with Gasteiger partial charge in [0.2, 0.25) is 0 Å². The summed E-state index contributed by atoms with van der Waals surface area (Å²) in [5.74, 6) is 0.526. The van der Waals surface area contributed by atoms with Crippen LogP contribution in [-0.2, 0) is 0 Å². The highest BCUT2D eigenvalue weighted by molar-refractivity contribution is 9.10. The number of halogens is 2. The molecule has 0 saturated heterocycles. The van der Waals surface area contributed by atoms with Crippen LogP contribution >= 0.6 is 27.5 Å². The zero-order chi connectivity index (χ0) is 8.10.